The fraction of sp³-hybridized carbons (Fsp3) is 1.00. The summed E-state index contributed by atoms with van der Waals surface area (Å²) in [6, 6.07) is 0. The Balaban J connectivity index is 0. The van der Waals surface area contributed by atoms with Crippen molar-refractivity contribution in [3.8, 4) is 0 Å². The molecule has 4 N–H and O–H groups in total. The molecule has 0 aromatic carbocycles. The van der Waals surface area contributed by atoms with E-state index in [9.17, 15) is 13.0 Å². The summed E-state index contributed by atoms with van der Waals surface area (Å²) in [5.41, 5.74) is -0.878. The summed E-state index contributed by atoms with van der Waals surface area (Å²) in [5, 5.41) is 0. The Morgan fingerprint density at radius 2 is 0.963 bits per heavy atom. The number of hydrogen-bond donors (Lipinski definition) is 1. The predicted molar refractivity (Wildman–Crippen MR) is 115 cm³/mol. The normalized spacial score (nSPS) is 12.1. The second-order valence-electron chi connectivity index (χ2n) is 8.30. The summed E-state index contributed by atoms with van der Waals surface area (Å²) in [6.45, 7) is 5.59. The molecule has 0 saturated carbocycles. The second kappa shape index (κ2) is 17.9. The summed E-state index contributed by atoms with van der Waals surface area (Å²) in [6.07, 6.45) is 21.6. The first-order valence-electron chi connectivity index (χ1n) is 10.9. The monoisotopic (exact) mass is 409 g/mol. The minimum absolute atomic E-state index is 0. The van der Waals surface area contributed by atoms with Crippen LogP contribution in [-0.4, -0.2) is 18.6 Å². The van der Waals surface area contributed by atoms with Crippen molar-refractivity contribution in [2.75, 3.05) is 0 Å². The van der Waals surface area contributed by atoms with Crippen LogP contribution in [0.25, 0.3) is 0 Å². The van der Waals surface area contributed by atoms with Gasteiger partial charge in [-0.2, -0.15) is 0 Å². The maximum atomic E-state index is 10.6. The molecular weight excluding hydrogens is 362 g/mol. The van der Waals surface area contributed by atoms with E-state index in [4.69, 9.17) is 0 Å². The highest BCUT2D eigenvalue weighted by Crippen LogP contribution is 2.21. The summed E-state index contributed by atoms with van der Waals surface area (Å²) in [5.74, 6) is 0. The third kappa shape index (κ3) is 23.8. The molecule has 0 aromatic rings. The van der Waals surface area contributed by atoms with Gasteiger partial charge >= 0.3 is 0 Å². The first-order valence-corrected chi connectivity index (χ1v) is 12.3. The Hall–Kier alpha value is -0.170. The molecular formula is C21H47NO4S. The highest BCUT2D eigenvalue weighted by molar-refractivity contribution is 7.80. The van der Waals surface area contributed by atoms with Crippen LogP contribution >= 0.6 is 0 Å². The third-order valence-electron chi connectivity index (χ3n) is 4.96. The Labute approximate surface area is 169 Å². The van der Waals surface area contributed by atoms with Gasteiger partial charge in [-0.05, 0) is 20.3 Å². The molecule has 0 unspecified atom stereocenters. The molecule has 0 aliphatic rings. The van der Waals surface area contributed by atoms with Crippen LogP contribution in [0.4, 0.5) is 0 Å². The molecule has 27 heavy (non-hydrogen) atoms. The van der Waals surface area contributed by atoms with Gasteiger partial charge in [0.2, 0.25) is 10.4 Å². The van der Waals surface area contributed by atoms with Crippen LogP contribution in [0.15, 0.2) is 0 Å². The standard InChI is InChI=1S/C21H44O4S.H3N/c1-4-5-6-7-8-9-10-11-12-13-14-15-16-17-18-19-20-21(2,3)25-26(22,23)24;/h4-20H2,1-3H3,(H,22,23,24);1H3. The van der Waals surface area contributed by atoms with Gasteiger partial charge in [-0.3, -0.25) is 4.18 Å². The van der Waals surface area contributed by atoms with Crippen LogP contribution in [0.2, 0.25) is 0 Å². The molecule has 0 atom stereocenters. The highest BCUT2D eigenvalue weighted by atomic mass is 32.3. The van der Waals surface area contributed by atoms with Crippen molar-refractivity contribution >= 4 is 10.4 Å². The molecule has 0 rings (SSSR count). The van der Waals surface area contributed by atoms with Crippen LogP contribution in [0.5, 0.6) is 0 Å². The van der Waals surface area contributed by atoms with E-state index in [-0.39, 0.29) is 6.15 Å². The van der Waals surface area contributed by atoms with Crippen molar-refractivity contribution in [3.63, 3.8) is 0 Å². The molecule has 0 spiro atoms. The van der Waals surface area contributed by atoms with Crippen molar-refractivity contribution in [2.45, 2.75) is 136 Å². The molecule has 0 aliphatic carbocycles. The molecule has 6 heteroatoms. The Morgan fingerprint density at radius 1 is 0.667 bits per heavy atom. The quantitative estimate of drug-likeness (QED) is 0.137. The molecule has 0 amide bonds. The molecule has 0 fully saturated rings. The van der Waals surface area contributed by atoms with Gasteiger partial charge < -0.3 is 10.7 Å². The summed E-state index contributed by atoms with van der Waals surface area (Å²) < 4.78 is 36.5. The summed E-state index contributed by atoms with van der Waals surface area (Å²) in [4.78, 5) is 0. The highest BCUT2D eigenvalue weighted by Gasteiger charge is 2.21. The van der Waals surface area contributed by atoms with Crippen LogP contribution in [0.3, 0.4) is 0 Å². The van der Waals surface area contributed by atoms with E-state index in [1.165, 1.54) is 89.9 Å². The number of quaternary nitrogens is 1. The third-order valence-corrected chi connectivity index (χ3v) is 5.62. The largest absolute Gasteiger partial charge is 0.726 e. The predicted octanol–water partition coefficient (Wildman–Crippen LogP) is 7.27. The van der Waals surface area contributed by atoms with E-state index in [1.54, 1.807) is 13.8 Å². The first-order chi connectivity index (χ1) is 12.3. The Morgan fingerprint density at radius 3 is 1.26 bits per heavy atom. The number of rotatable bonds is 19. The van der Waals surface area contributed by atoms with Gasteiger partial charge in [0.25, 0.3) is 0 Å². The molecule has 0 aromatic heterocycles. The fourth-order valence-electron chi connectivity index (χ4n) is 3.42. The Bertz CT molecular complexity index is 410. The van der Waals surface area contributed by atoms with E-state index in [2.05, 4.69) is 11.1 Å². The van der Waals surface area contributed by atoms with Crippen molar-refractivity contribution in [2.24, 2.45) is 0 Å². The fourth-order valence-corrected chi connectivity index (χ4v) is 4.05. The number of unbranched alkanes of at least 4 members (excludes halogenated alkanes) is 15. The first kappa shape index (κ1) is 29.0. The van der Waals surface area contributed by atoms with Gasteiger partial charge in [-0.15, -0.1) is 0 Å². The summed E-state index contributed by atoms with van der Waals surface area (Å²) >= 11 is 0. The zero-order chi connectivity index (χ0) is 19.7. The van der Waals surface area contributed by atoms with E-state index in [0.717, 1.165) is 12.8 Å². The van der Waals surface area contributed by atoms with Gasteiger partial charge in [0.15, 0.2) is 0 Å². The summed E-state index contributed by atoms with van der Waals surface area (Å²) in [7, 11) is -4.60. The maximum absolute atomic E-state index is 10.6. The van der Waals surface area contributed by atoms with E-state index >= 15 is 0 Å². The zero-order valence-electron chi connectivity index (χ0n) is 18.6. The van der Waals surface area contributed by atoms with Gasteiger partial charge in [-0.25, -0.2) is 8.42 Å². The zero-order valence-corrected chi connectivity index (χ0v) is 19.4. The van der Waals surface area contributed by atoms with E-state index in [1.807, 2.05) is 0 Å². The van der Waals surface area contributed by atoms with Gasteiger partial charge in [0.05, 0.1) is 5.60 Å². The average molecular weight is 410 g/mol. The maximum Gasteiger partial charge on any atom is 0.218 e. The molecule has 0 saturated heterocycles. The van der Waals surface area contributed by atoms with Crippen LogP contribution in [-0.2, 0) is 14.6 Å². The molecule has 0 radical (unpaired) electrons. The van der Waals surface area contributed by atoms with E-state index < -0.39 is 16.0 Å². The minimum atomic E-state index is -4.60. The molecule has 0 heterocycles. The SMILES string of the molecule is CCCCCCCCCCCCCCCCCCC(C)(C)OS(=O)(=O)[O-].[NH4+]. The second-order valence-corrected chi connectivity index (χ2v) is 9.29. The molecule has 5 nitrogen and oxygen atoms in total. The van der Waals surface area contributed by atoms with Crippen LogP contribution in [0, 0.1) is 0 Å². The topological polar surface area (TPSA) is 103 Å². The van der Waals surface area contributed by atoms with Gasteiger partial charge in [0.1, 0.15) is 0 Å². The molecule has 0 bridgehead atoms. The Kier molecular flexibility index (Phi) is 19.2. The van der Waals surface area contributed by atoms with Crippen LogP contribution in [0.1, 0.15) is 130 Å². The smallest absolute Gasteiger partial charge is 0.218 e. The van der Waals surface area contributed by atoms with Crippen molar-refractivity contribution < 1.29 is 17.2 Å². The van der Waals surface area contributed by atoms with Crippen molar-refractivity contribution in [1.29, 1.82) is 0 Å². The lowest BCUT2D eigenvalue weighted by atomic mass is 9.99. The van der Waals surface area contributed by atoms with Gasteiger partial charge in [0, 0.05) is 0 Å². The van der Waals surface area contributed by atoms with Crippen LogP contribution < -0.4 is 6.15 Å². The number of hydrogen-bond acceptors (Lipinski definition) is 4. The minimum Gasteiger partial charge on any atom is -0.726 e. The average Bonchev–Trinajstić information content (AvgIpc) is 2.52. The lowest BCUT2D eigenvalue weighted by molar-refractivity contribution is 0.0856. The lowest BCUT2D eigenvalue weighted by Gasteiger charge is -2.26. The lowest BCUT2D eigenvalue weighted by Crippen LogP contribution is -2.27. The van der Waals surface area contributed by atoms with Gasteiger partial charge in [-0.1, -0.05) is 110 Å². The van der Waals surface area contributed by atoms with Crippen molar-refractivity contribution in [1.82, 2.24) is 6.15 Å². The van der Waals surface area contributed by atoms with Crippen molar-refractivity contribution in [3.05, 3.63) is 0 Å². The van der Waals surface area contributed by atoms with E-state index in [0.29, 0.717) is 6.42 Å². The molecule has 166 valence electrons. The molecule has 0 aliphatic heterocycles.